The van der Waals surface area contributed by atoms with Crippen LogP contribution >= 0.6 is 11.8 Å². The van der Waals surface area contributed by atoms with Gasteiger partial charge in [0.15, 0.2) is 0 Å². The lowest BCUT2D eigenvalue weighted by molar-refractivity contribution is 0.824. The molecule has 79 valence electrons. The fraction of sp³-hybridized carbons (Fsp3) is 0.308. The minimum Gasteiger partial charge on any atom is -0.350 e. The molecule has 0 saturated heterocycles. The number of hydrogen-bond acceptors (Lipinski definition) is 1. The van der Waals surface area contributed by atoms with Crippen LogP contribution in [0.3, 0.4) is 0 Å². The van der Waals surface area contributed by atoms with E-state index in [9.17, 15) is 0 Å². The second-order valence-electron chi connectivity index (χ2n) is 3.75. The fourth-order valence-electron chi connectivity index (χ4n) is 1.67. The second-order valence-corrected chi connectivity index (χ2v) is 5.09. The average molecular weight is 218 g/mol. The van der Waals surface area contributed by atoms with Crippen molar-refractivity contribution in [2.24, 2.45) is 0 Å². The number of H-pyrrole nitrogens is 1. The van der Waals surface area contributed by atoms with Crippen LogP contribution in [-0.4, -0.2) is 10.2 Å². The van der Waals surface area contributed by atoms with Gasteiger partial charge in [-0.15, -0.1) is 11.8 Å². The summed E-state index contributed by atoms with van der Waals surface area (Å²) in [5, 5.41) is 2.96. The highest BCUT2D eigenvalue weighted by Crippen LogP contribution is 2.28. The van der Waals surface area contributed by atoms with E-state index in [0.29, 0.717) is 5.25 Å². The Morgan fingerprint density at radius 1 is 1.40 bits per heavy atom. The number of benzene rings is 1. The van der Waals surface area contributed by atoms with Crippen molar-refractivity contribution in [1.82, 2.24) is 4.98 Å². The highest BCUT2D eigenvalue weighted by Gasteiger charge is 2.05. The summed E-state index contributed by atoms with van der Waals surface area (Å²) in [6, 6.07) is 10.6. The van der Waals surface area contributed by atoms with E-state index in [0.717, 1.165) is 0 Å². The van der Waals surface area contributed by atoms with Crippen molar-refractivity contribution >= 4 is 22.7 Å². The summed E-state index contributed by atoms with van der Waals surface area (Å²) in [4.78, 5) is 3.41. The molecule has 1 nitrogen and oxygen atoms in total. The molecule has 0 aliphatic heterocycles. The van der Waals surface area contributed by atoms with Gasteiger partial charge in [-0.2, -0.15) is 0 Å². The van der Waals surface area contributed by atoms with E-state index >= 15 is 0 Å². The zero-order valence-corrected chi connectivity index (χ0v) is 9.81. The van der Waals surface area contributed by atoms with Gasteiger partial charge in [-0.05, 0) is 25.5 Å². The molecule has 2 heteroatoms. The molecule has 2 rings (SSSR count). The molecule has 1 N–H and O–H groups in total. The van der Waals surface area contributed by atoms with E-state index < -0.39 is 0 Å². The van der Waals surface area contributed by atoms with E-state index in [1.807, 2.05) is 11.8 Å². The van der Waals surface area contributed by atoms with Crippen molar-refractivity contribution in [3.05, 3.63) is 37.3 Å². The Bertz CT molecular complexity index is 400. The Balaban J connectivity index is 2.15. The van der Waals surface area contributed by atoms with Crippen LogP contribution in [0.1, 0.15) is 19.8 Å². The van der Waals surface area contributed by atoms with E-state index in [4.69, 9.17) is 0 Å². The van der Waals surface area contributed by atoms with E-state index in [1.165, 1.54) is 28.8 Å². The average Bonchev–Trinajstić information content (AvgIpc) is 2.59. The van der Waals surface area contributed by atoms with Gasteiger partial charge >= 0.3 is 0 Å². The fourth-order valence-corrected chi connectivity index (χ4v) is 2.75. The minimum absolute atomic E-state index is 0.447. The van der Waals surface area contributed by atoms with Gasteiger partial charge in [0.25, 0.3) is 0 Å². The molecule has 1 aromatic carbocycles. The molecule has 0 aliphatic carbocycles. The topological polar surface area (TPSA) is 15.8 Å². The lowest BCUT2D eigenvalue weighted by Gasteiger charge is -2.06. The normalized spacial score (nSPS) is 13.2. The Labute approximate surface area is 95.3 Å². The zero-order chi connectivity index (χ0) is 10.7. The third-order valence-electron chi connectivity index (χ3n) is 2.41. The number of para-hydroxylation sites is 1. The van der Waals surface area contributed by atoms with Gasteiger partial charge in [-0.1, -0.05) is 31.5 Å². The standard InChI is InChI=1S/C13H16NS/c1-3-6-10(2)15-13-9-11-7-4-5-8-12(11)14-13/h4-5,7-10,14H,2-3,6H2,1H3. The molecule has 0 bridgehead atoms. The Morgan fingerprint density at radius 2 is 2.20 bits per heavy atom. The number of aromatic amines is 1. The molecule has 0 fully saturated rings. The highest BCUT2D eigenvalue weighted by molar-refractivity contribution is 8.00. The maximum absolute atomic E-state index is 4.14. The number of nitrogens with one attached hydrogen (secondary N) is 1. The summed E-state index contributed by atoms with van der Waals surface area (Å²) in [6.07, 6.45) is 2.36. The summed E-state index contributed by atoms with van der Waals surface area (Å²) in [5.41, 5.74) is 1.21. The number of rotatable bonds is 4. The van der Waals surface area contributed by atoms with Crippen LogP contribution in [0.15, 0.2) is 35.4 Å². The predicted octanol–water partition coefficient (Wildman–Crippen LogP) is 4.26. The van der Waals surface area contributed by atoms with Crippen molar-refractivity contribution in [1.29, 1.82) is 0 Å². The molecule has 2 aromatic rings. The van der Waals surface area contributed by atoms with Crippen LogP contribution in [0, 0.1) is 6.92 Å². The molecule has 1 atom stereocenters. The molecule has 1 radical (unpaired) electrons. The Morgan fingerprint density at radius 3 is 2.93 bits per heavy atom. The van der Waals surface area contributed by atoms with Gasteiger partial charge in [-0.3, -0.25) is 0 Å². The summed E-state index contributed by atoms with van der Waals surface area (Å²) in [5.74, 6) is 0. The van der Waals surface area contributed by atoms with Crippen LogP contribution in [-0.2, 0) is 0 Å². The lowest BCUT2D eigenvalue weighted by Crippen LogP contribution is -1.94. The second kappa shape index (κ2) is 4.75. The maximum atomic E-state index is 4.14. The quantitative estimate of drug-likeness (QED) is 0.758. The first-order valence-electron chi connectivity index (χ1n) is 5.37. The Kier molecular flexibility index (Phi) is 3.37. The van der Waals surface area contributed by atoms with Crippen LogP contribution in [0.25, 0.3) is 10.9 Å². The summed E-state index contributed by atoms with van der Waals surface area (Å²) < 4.78 is 0. The zero-order valence-electron chi connectivity index (χ0n) is 8.99. The molecular formula is C13H16NS. The monoisotopic (exact) mass is 218 g/mol. The first-order valence-corrected chi connectivity index (χ1v) is 6.25. The molecule has 1 unspecified atom stereocenters. The van der Waals surface area contributed by atoms with Crippen LogP contribution in [0.5, 0.6) is 0 Å². The first-order chi connectivity index (χ1) is 7.29. The largest absolute Gasteiger partial charge is 0.350 e. The predicted molar refractivity (Wildman–Crippen MR) is 68.2 cm³/mol. The summed E-state index contributed by atoms with van der Waals surface area (Å²) in [7, 11) is 0. The smallest absolute Gasteiger partial charge is 0.0735 e. The lowest BCUT2D eigenvalue weighted by atomic mass is 10.3. The van der Waals surface area contributed by atoms with Crippen molar-refractivity contribution in [2.75, 3.05) is 0 Å². The molecule has 0 amide bonds. The van der Waals surface area contributed by atoms with Gasteiger partial charge in [0.1, 0.15) is 0 Å². The van der Waals surface area contributed by atoms with Gasteiger partial charge in [0.2, 0.25) is 0 Å². The molecule has 1 heterocycles. The number of hydrogen-bond donors (Lipinski definition) is 1. The number of aromatic nitrogens is 1. The van der Waals surface area contributed by atoms with Crippen LogP contribution in [0.2, 0.25) is 0 Å². The van der Waals surface area contributed by atoms with Crippen molar-refractivity contribution < 1.29 is 0 Å². The third-order valence-corrected chi connectivity index (χ3v) is 3.45. The minimum atomic E-state index is 0.447. The molecule has 0 saturated carbocycles. The SMILES string of the molecule is [CH2]C(CCC)Sc1cc2ccccc2[nH]1. The number of fused-ring (bicyclic) bond motifs is 1. The first kappa shape index (κ1) is 10.6. The van der Waals surface area contributed by atoms with E-state index in [1.54, 1.807) is 0 Å². The van der Waals surface area contributed by atoms with Gasteiger partial charge in [0.05, 0.1) is 5.03 Å². The van der Waals surface area contributed by atoms with Gasteiger partial charge < -0.3 is 4.98 Å². The van der Waals surface area contributed by atoms with Crippen molar-refractivity contribution in [3.63, 3.8) is 0 Å². The summed E-state index contributed by atoms with van der Waals surface area (Å²) in [6.45, 7) is 6.33. The highest BCUT2D eigenvalue weighted by atomic mass is 32.2. The molecule has 15 heavy (non-hydrogen) atoms. The number of thioether (sulfide) groups is 1. The summed E-state index contributed by atoms with van der Waals surface area (Å²) >= 11 is 1.83. The van der Waals surface area contributed by atoms with E-state index in [-0.39, 0.29) is 0 Å². The molecule has 1 aromatic heterocycles. The van der Waals surface area contributed by atoms with Gasteiger partial charge in [0, 0.05) is 16.2 Å². The molecule has 0 spiro atoms. The van der Waals surface area contributed by atoms with Crippen molar-refractivity contribution in [2.45, 2.75) is 30.0 Å². The van der Waals surface area contributed by atoms with Crippen LogP contribution in [0.4, 0.5) is 0 Å². The van der Waals surface area contributed by atoms with E-state index in [2.05, 4.69) is 49.2 Å². The third kappa shape index (κ3) is 2.57. The maximum Gasteiger partial charge on any atom is 0.0735 e. The van der Waals surface area contributed by atoms with Crippen molar-refractivity contribution in [3.8, 4) is 0 Å². The van der Waals surface area contributed by atoms with Crippen LogP contribution < -0.4 is 0 Å². The van der Waals surface area contributed by atoms with Gasteiger partial charge in [-0.25, -0.2) is 0 Å². The molecular weight excluding hydrogens is 202 g/mol. The molecule has 0 aliphatic rings. The Hall–Kier alpha value is -0.890.